The predicted molar refractivity (Wildman–Crippen MR) is 114 cm³/mol. The SMILES string of the molecule is COCCCNC(=O)N1CCC(c2ccn3ncc(C(=O)N4CCCC4)c3c2)CC1. The zero-order valence-corrected chi connectivity index (χ0v) is 17.7. The van der Waals surface area contributed by atoms with Crippen LogP contribution < -0.4 is 5.32 Å². The molecule has 0 spiro atoms. The molecule has 0 unspecified atom stereocenters. The first-order valence-corrected chi connectivity index (χ1v) is 11.0. The number of nitrogens with zero attached hydrogens (tertiary/aromatic N) is 4. The summed E-state index contributed by atoms with van der Waals surface area (Å²) < 4.78 is 6.80. The highest BCUT2D eigenvalue weighted by Gasteiger charge is 2.26. The third-order valence-electron chi connectivity index (χ3n) is 6.22. The van der Waals surface area contributed by atoms with E-state index in [1.54, 1.807) is 17.8 Å². The summed E-state index contributed by atoms with van der Waals surface area (Å²) in [5, 5.41) is 7.34. The Morgan fingerprint density at radius 2 is 1.93 bits per heavy atom. The molecule has 3 amide bonds. The van der Waals surface area contributed by atoms with E-state index >= 15 is 0 Å². The van der Waals surface area contributed by atoms with Gasteiger partial charge < -0.3 is 19.9 Å². The van der Waals surface area contributed by atoms with Gasteiger partial charge in [0.05, 0.1) is 17.3 Å². The van der Waals surface area contributed by atoms with Gasteiger partial charge in [0, 0.05) is 52.6 Å². The minimum absolute atomic E-state index is 0.00860. The Morgan fingerprint density at radius 1 is 1.17 bits per heavy atom. The molecule has 2 aliphatic rings. The number of carbonyl (C=O) groups is 2. The number of ether oxygens (including phenoxy) is 1. The summed E-state index contributed by atoms with van der Waals surface area (Å²) >= 11 is 0. The number of pyridine rings is 1. The summed E-state index contributed by atoms with van der Waals surface area (Å²) in [6, 6.07) is 4.21. The van der Waals surface area contributed by atoms with Crippen molar-refractivity contribution in [1.82, 2.24) is 24.7 Å². The molecular weight excluding hydrogens is 382 g/mol. The number of fused-ring (bicyclic) bond motifs is 1. The van der Waals surface area contributed by atoms with Crippen LogP contribution in [0.2, 0.25) is 0 Å². The van der Waals surface area contributed by atoms with E-state index in [-0.39, 0.29) is 11.9 Å². The van der Waals surface area contributed by atoms with Crippen LogP contribution in [0.4, 0.5) is 4.79 Å². The Labute approximate surface area is 177 Å². The molecule has 0 saturated carbocycles. The van der Waals surface area contributed by atoms with Crippen molar-refractivity contribution in [3.8, 4) is 0 Å². The van der Waals surface area contributed by atoms with Gasteiger partial charge in [-0.05, 0) is 55.7 Å². The maximum atomic E-state index is 12.9. The molecule has 162 valence electrons. The molecule has 2 aliphatic heterocycles. The molecule has 2 saturated heterocycles. The van der Waals surface area contributed by atoms with Crippen molar-refractivity contribution in [3.63, 3.8) is 0 Å². The van der Waals surface area contributed by atoms with Gasteiger partial charge in [-0.3, -0.25) is 4.79 Å². The predicted octanol–water partition coefficient (Wildman–Crippen LogP) is 2.50. The van der Waals surface area contributed by atoms with Gasteiger partial charge in [0.25, 0.3) is 5.91 Å². The van der Waals surface area contributed by atoms with Crippen molar-refractivity contribution in [2.45, 2.75) is 38.0 Å². The molecule has 8 heteroatoms. The lowest BCUT2D eigenvalue weighted by Gasteiger charge is -2.32. The fourth-order valence-electron chi connectivity index (χ4n) is 4.45. The molecule has 1 N–H and O–H groups in total. The number of hydrogen-bond acceptors (Lipinski definition) is 4. The molecule has 0 atom stereocenters. The van der Waals surface area contributed by atoms with Crippen LogP contribution in [0, 0.1) is 0 Å². The van der Waals surface area contributed by atoms with E-state index in [2.05, 4.69) is 22.5 Å². The van der Waals surface area contributed by atoms with Gasteiger partial charge >= 0.3 is 6.03 Å². The zero-order chi connectivity index (χ0) is 20.9. The lowest BCUT2D eigenvalue weighted by molar-refractivity contribution is 0.0794. The van der Waals surface area contributed by atoms with Gasteiger partial charge in [0.15, 0.2) is 0 Å². The monoisotopic (exact) mass is 413 g/mol. The third-order valence-corrected chi connectivity index (χ3v) is 6.22. The maximum absolute atomic E-state index is 12.9. The van der Waals surface area contributed by atoms with Gasteiger partial charge in [0.2, 0.25) is 0 Å². The Hall–Kier alpha value is -2.61. The topological polar surface area (TPSA) is 79.2 Å². The second-order valence-electron chi connectivity index (χ2n) is 8.19. The van der Waals surface area contributed by atoms with Gasteiger partial charge in [0.1, 0.15) is 0 Å². The number of piperidine rings is 1. The van der Waals surface area contributed by atoms with E-state index in [0.29, 0.717) is 24.6 Å². The first-order chi connectivity index (χ1) is 14.7. The second kappa shape index (κ2) is 9.47. The van der Waals surface area contributed by atoms with E-state index in [4.69, 9.17) is 4.74 Å². The van der Waals surface area contributed by atoms with Crippen molar-refractivity contribution in [2.75, 3.05) is 46.4 Å². The molecule has 0 bridgehead atoms. The Bertz CT molecular complexity index is 882. The molecule has 4 heterocycles. The minimum Gasteiger partial charge on any atom is -0.385 e. The number of likely N-dealkylation sites (tertiary alicyclic amines) is 2. The molecule has 30 heavy (non-hydrogen) atoms. The summed E-state index contributed by atoms with van der Waals surface area (Å²) in [4.78, 5) is 29.0. The fourth-order valence-corrected chi connectivity index (χ4v) is 4.45. The number of hydrogen-bond donors (Lipinski definition) is 1. The molecule has 8 nitrogen and oxygen atoms in total. The quantitative estimate of drug-likeness (QED) is 0.738. The van der Waals surface area contributed by atoms with Crippen LogP contribution in [0.3, 0.4) is 0 Å². The summed E-state index contributed by atoms with van der Waals surface area (Å²) in [6.45, 7) is 4.44. The van der Waals surface area contributed by atoms with Gasteiger partial charge in [-0.15, -0.1) is 0 Å². The van der Waals surface area contributed by atoms with Crippen LogP contribution >= 0.6 is 0 Å². The molecule has 0 aliphatic carbocycles. The van der Waals surface area contributed by atoms with E-state index in [9.17, 15) is 9.59 Å². The number of aromatic nitrogens is 2. The Balaban J connectivity index is 1.39. The summed E-state index contributed by atoms with van der Waals surface area (Å²) in [5.74, 6) is 0.469. The van der Waals surface area contributed by atoms with Crippen LogP contribution in [-0.2, 0) is 4.74 Å². The molecule has 0 radical (unpaired) electrons. The van der Waals surface area contributed by atoms with Crippen molar-refractivity contribution in [3.05, 3.63) is 35.7 Å². The molecule has 0 aromatic carbocycles. The Morgan fingerprint density at radius 3 is 2.67 bits per heavy atom. The van der Waals surface area contributed by atoms with Crippen molar-refractivity contribution in [1.29, 1.82) is 0 Å². The van der Waals surface area contributed by atoms with Crippen molar-refractivity contribution < 1.29 is 14.3 Å². The first-order valence-electron chi connectivity index (χ1n) is 11.0. The van der Waals surface area contributed by atoms with E-state index in [0.717, 1.165) is 63.8 Å². The van der Waals surface area contributed by atoms with Gasteiger partial charge in [-0.2, -0.15) is 5.10 Å². The number of nitrogens with one attached hydrogen (secondary N) is 1. The molecule has 2 fully saturated rings. The molecule has 4 rings (SSSR count). The van der Waals surface area contributed by atoms with Gasteiger partial charge in [-0.25, -0.2) is 9.31 Å². The summed E-state index contributed by atoms with van der Waals surface area (Å²) in [7, 11) is 1.67. The summed E-state index contributed by atoms with van der Waals surface area (Å²) in [5.41, 5.74) is 2.79. The number of carbonyl (C=O) groups excluding carboxylic acids is 2. The van der Waals surface area contributed by atoms with Crippen LogP contribution in [0.5, 0.6) is 0 Å². The van der Waals surface area contributed by atoms with Gasteiger partial charge in [-0.1, -0.05) is 0 Å². The largest absolute Gasteiger partial charge is 0.385 e. The van der Waals surface area contributed by atoms with E-state index < -0.39 is 0 Å². The number of urea groups is 1. The average molecular weight is 414 g/mol. The smallest absolute Gasteiger partial charge is 0.317 e. The highest BCUT2D eigenvalue weighted by atomic mass is 16.5. The van der Waals surface area contributed by atoms with Crippen molar-refractivity contribution >= 4 is 17.5 Å². The normalized spacial score (nSPS) is 17.6. The summed E-state index contributed by atoms with van der Waals surface area (Å²) in [6.07, 6.45) is 8.46. The molecule has 2 aromatic rings. The molecular formula is C22H31N5O3. The number of methoxy groups -OCH3 is 1. The lowest BCUT2D eigenvalue weighted by atomic mass is 9.89. The van der Waals surface area contributed by atoms with E-state index in [1.165, 1.54) is 5.56 Å². The Kier molecular flexibility index (Phi) is 6.52. The van der Waals surface area contributed by atoms with Crippen LogP contribution in [0.1, 0.15) is 53.9 Å². The second-order valence-corrected chi connectivity index (χ2v) is 8.19. The molecule has 2 aromatic heterocycles. The highest BCUT2D eigenvalue weighted by Crippen LogP contribution is 2.29. The van der Waals surface area contributed by atoms with E-state index in [1.807, 2.05) is 16.0 Å². The standard InChI is InChI=1S/C22H31N5O3/c1-30-14-4-8-23-22(29)26-11-5-17(6-12-26)18-7-13-27-20(15-18)19(16-24-27)21(28)25-9-2-3-10-25/h7,13,15-17H,2-6,8-12,14H2,1H3,(H,23,29). The maximum Gasteiger partial charge on any atom is 0.317 e. The zero-order valence-electron chi connectivity index (χ0n) is 17.7. The number of rotatable bonds is 6. The van der Waals surface area contributed by atoms with Crippen LogP contribution in [0.25, 0.3) is 5.52 Å². The van der Waals surface area contributed by atoms with Crippen molar-refractivity contribution in [2.24, 2.45) is 0 Å². The van der Waals surface area contributed by atoms with Crippen LogP contribution in [-0.4, -0.2) is 77.8 Å². The minimum atomic E-state index is 0.00860. The fraction of sp³-hybridized carbons (Fsp3) is 0.591. The average Bonchev–Trinajstić information content (AvgIpc) is 3.46. The highest BCUT2D eigenvalue weighted by molar-refractivity contribution is 6.00. The number of amides is 3. The van der Waals surface area contributed by atoms with Crippen LogP contribution in [0.15, 0.2) is 24.5 Å². The lowest BCUT2D eigenvalue weighted by Crippen LogP contribution is -2.44. The first kappa shape index (κ1) is 20.7. The third kappa shape index (κ3) is 4.43.